The van der Waals surface area contributed by atoms with E-state index in [2.05, 4.69) is 0 Å². The largest absolute Gasteiger partial charge is 0.439 e. The zero-order valence-electron chi connectivity index (χ0n) is 20.9. The van der Waals surface area contributed by atoms with Crippen molar-refractivity contribution < 1.29 is 44.7 Å². The van der Waals surface area contributed by atoms with Gasteiger partial charge in [-0.1, -0.05) is 26.0 Å². The van der Waals surface area contributed by atoms with Gasteiger partial charge in [0, 0.05) is 0 Å². The van der Waals surface area contributed by atoms with Crippen LogP contribution in [0, 0.1) is 11.6 Å². The standard InChI is InChI=1S/C28H23F8NO2/c1-14(2)23-11-16(4-7-24(23)30)22-6-5-19(27(31,32)33)9-18(22)13-37-15(3)25(39-26(37)38)17-8-20(28(34,35)36)12-21(29)10-17/h4-12,14-15,25H,13H2,1-3H3/t15-,25-/m0/s1. The summed E-state index contributed by atoms with van der Waals surface area (Å²) in [5, 5.41) is 0. The lowest BCUT2D eigenvalue weighted by atomic mass is 9.92. The highest BCUT2D eigenvalue weighted by molar-refractivity contribution is 5.73. The molecular weight excluding hydrogens is 534 g/mol. The van der Waals surface area contributed by atoms with E-state index in [1.807, 2.05) is 0 Å². The monoisotopic (exact) mass is 557 g/mol. The molecule has 0 bridgehead atoms. The first-order valence-corrected chi connectivity index (χ1v) is 11.9. The molecule has 0 aliphatic carbocycles. The average Bonchev–Trinajstić information content (AvgIpc) is 3.11. The number of nitrogens with zero attached hydrogens (tertiary/aromatic N) is 1. The van der Waals surface area contributed by atoms with E-state index < -0.39 is 59.9 Å². The SMILES string of the molecule is CC(C)c1cc(-c2ccc(C(F)(F)F)cc2CN2C(=O)O[C@H](c3cc(F)cc(C(F)(F)F)c3)[C@@H]2C)ccc1F. The van der Waals surface area contributed by atoms with Crippen LogP contribution in [0.3, 0.4) is 0 Å². The van der Waals surface area contributed by atoms with Gasteiger partial charge >= 0.3 is 18.4 Å². The Kier molecular flexibility index (Phi) is 7.39. The highest BCUT2D eigenvalue weighted by atomic mass is 19.4. The van der Waals surface area contributed by atoms with Crippen molar-refractivity contribution in [2.75, 3.05) is 0 Å². The van der Waals surface area contributed by atoms with Gasteiger partial charge in [0.15, 0.2) is 0 Å². The lowest BCUT2D eigenvalue weighted by Gasteiger charge is -2.24. The van der Waals surface area contributed by atoms with Crippen LogP contribution >= 0.6 is 0 Å². The van der Waals surface area contributed by atoms with E-state index in [4.69, 9.17) is 4.74 Å². The van der Waals surface area contributed by atoms with E-state index in [1.54, 1.807) is 13.8 Å². The molecule has 1 heterocycles. The molecule has 0 N–H and O–H groups in total. The van der Waals surface area contributed by atoms with Crippen LogP contribution in [0.2, 0.25) is 0 Å². The van der Waals surface area contributed by atoms with Gasteiger partial charge in [-0.25, -0.2) is 13.6 Å². The van der Waals surface area contributed by atoms with Crippen LogP contribution in [0.4, 0.5) is 39.9 Å². The van der Waals surface area contributed by atoms with Gasteiger partial charge in [0.1, 0.15) is 17.7 Å². The minimum atomic E-state index is -4.85. The third-order valence-corrected chi connectivity index (χ3v) is 6.67. The maximum atomic E-state index is 14.3. The molecule has 3 aromatic carbocycles. The average molecular weight is 557 g/mol. The van der Waals surface area contributed by atoms with Crippen LogP contribution < -0.4 is 0 Å². The second kappa shape index (κ2) is 10.2. The van der Waals surface area contributed by atoms with Crippen molar-refractivity contribution in [3.05, 3.63) is 94.0 Å². The fourth-order valence-corrected chi connectivity index (χ4v) is 4.62. The van der Waals surface area contributed by atoms with Gasteiger partial charge in [0.2, 0.25) is 0 Å². The topological polar surface area (TPSA) is 29.5 Å². The molecule has 3 aromatic rings. The zero-order valence-corrected chi connectivity index (χ0v) is 20.9. The molecule has 1 fully saturated rings. The number of hydrogen-bond acceptors (Lipinski definition) is 2. The number of benzene rings is 3. The van der Waals surface area contributed by atoms with Crippen LogP contribution in [0.25, 0.3) is 11.1 Å². The van der Waals surface area contributed by atoms with Crippen LogP contribution in [0.15, 0.2) is 54.6 Å². The second-order valence-corrected chi connectivity index (χ2v) is 9.70. The fraction of sp³-hybridized carbons (Fsp3) is 0.321. The van der Waals surface area contributed by atoms with E-state index in [-0.39, 0.29) is 17.0 Å². The molecule has 1 aliphatic rings. The van der Waals surface area contributed by atoms with E-state index in [9.17, 15) is 39.9 Å². The summed E-state index contributed by atoms with van der Waals surface area (Å²) in [5.74, 6) is -1.88. The number of carbonyl (C=O) groups excluding carboxylic acids is 1. The van der Waals surface area contributed by atoms with Crippen molar-refractivity contribution in [2.24, 2.45) is 0 Å². The maximum Gasteiger partial charge on any atom is 0.416 e. The first kappa shape index (κ1) is 28.4. The van der Waals surface area contributed by atoms with Crippen LogP contribution in [0.1, 0.15) is 60.6 Å². The Bertz CT molecular complexity index is 1400. The normalized spacial score (nSPS) is 18.2. The number of hydrogen-bond donors (Lipinski definition) is 0. The van der Waals surface area contributed by atoms with Crippen molar-refractivity contribution in [3.8, 4) is 11.1 Å². The molecule has 4 rings (SSSR count). The van der Waals surface area contributed by atoms with E-state index in [1.165, 1.54) is 31.2 Å². The number of rotatable bonds is 5. The molecule has 1 amide bonds. The maximum absolute atomic E-state index is 14.3. The number of carbonyl (C=O) groups is 1. The van der Waals surface area contributed by atoms with Gasteiger partial charge in [-0.2, -0.15) is 26.3 Å². The Morgan fingerprint density at radius 3 is 2.15 bits per heavy atom. The minimum Gasteiger partial charge on any atom is -0.439 e. The van der Waals surface area contributed by atoms with Crippen molar-refractivity contribution in [3.63, 3.8) is 0 Å². The van der Waals surface area contributed by atoms with Gasteiger partial charge in [-0.05, 0) is 83.1 Å². The molecule has 0 spiro atoms. The highest BCUT2D eigenvalue weighted by Gasteiger charge is 2.42. The Morgan fingerprint density at radius 2 is 1.54 bits per heavy atom. The summed E-state index contributed by atoms with van der Waals surface area (Å²) in [6.07, 6.45) is -11.8. The predicted molar refractivity (Wildman–Crippen MR) is 127 cm³/mol. The number of halogens is 8. The zero-order chi connectivity index (χ0) is 28.9. The molecule has 1 saturated heterocycles. The summed E-state index contributed by atoms with van der Waals surface area (Å²) < 4.78 is 114. The Balaban J connectivity index is 1.74. The molecule has 208 valence electrons. The van der Waals surface area contributed by atoms with Crippen LogP contribution in [-0.4, -0.2) is 17.0 Å². The number of ether oxygens (including phenoxy) is 1. The first-order valence-electron chi connectivity index (χ1n) is 11.9. The lowest BCUT2D eigenvalue weighted by molar-refractivity contribution is -0.138. The summed E-state index contributed by atoms with van der Waals surface area (Å²) >= 11 is 0. The summed E-state index contributed by atoms with van der Waals surface area (Å²) in [7, 11) is 0. The second-order valence-electron chi connectivity index (χ2n) is 9.70. The Morgan fingerprint density at radius 1 is 0.872 bits per heavy atom. The summed E-state index contributed by atoms with van der Waals surface area (Å²) in [5.41, 5.74) is -1.36. The van der Waals surface area contributed by atoms with Gasteiger partial charge in [0.05, 0.1) is 23.7 Å². The van der Waals surface area contributed by atoms with E-state index in [0.717, 1.165) is 23.1 Å². The summed E-state index contributed by atoms with van der Waals surface area (Å²) in [6.45, 7) is 4.56. The van der Waals surface area contributed by atoms with E-state index in [0.29, 0.717) is 28.8 Å². The Labute approximate surface area is 219 Å². The molecule has 1 aliphatic heterocycles. The molecule has 0 saturated carbocycles. The van der Waals surface area contributed by atoms with Crippen LogP contribution in [0.5, 0.6) is 0 Å². The minimum absolute atomic E-state index is 0.0609. The van der Waals surface area contributed by atoms with Crippen molar-refractivity contribution in [1.29, 1.82) is 0 Å². The van der Waals surface area contributed by atoms with Crippen molar-refractivity contribution in [1.82, 2.24) is 4.90 Å². The molecule has 0 radical (unpaired) electrons. The van der Waals surface area contributed by atoms with Gasteiger partial charge in [0.25, 0.3) is 0 Å². The fourth-order valence-electron chi connectivity index (χ4n) is 4.62. The summed E-state index contributed by atoms with van der Waals surface area (Å²) in [4.78, 5) is 13.8. The third kappa shape index (κ3) is 5.86. The third-order valence-electron chi connectivity index (χ3n) is 6.67. The van der Waals surface area contributed by atoms with Crippen molar-refractivity contribution >= 4 is 6.09 Å². The van der Waals surface area contributed by atoms with Gasteiger partial charge in [-0.3, -0.25) is 4.90 Å². The van der Waals surface area contributed by atoms with Gasteiger partial charge < -0.3 is 4.74 Å². The lowest BCUT2D eigenvalue weighted by Crippen LogP contribution is -2.31. The molecule has 11 heteroatoms. The first-order chi connectivity index (χ1) is 18.1. The predicted octanol–water partition coefficient (Wildman–Crippen LogP) is 8.87. The Hall–Kier alpha value is -3.63. The molecule has 3 nitrogen and oxygen atoms in total. The smallest absolute Gasteiger partial charge is 0.416 e. The molecule has 0 aromatic heterocycles. The van der Waals surface area contributed by atoms with Gasteiger partial charge in [-0.15, -0.1) is 0 Å². The number of cyclic esters (lactones) is 1. The number of alkyl halides is 6. The van der Waals surface area contributed by atoms with E-state index >= 15 is 0 Å². The molecule has 39 heavy (non-hydrogen) atoms. The van der Waals surface area contributed by atoms with Crippen LogP contribution in [-0.2, 0) is 23.6 Å². The molecule has 0 unspecified atom stereocenters. The summed E-state index contributed by atoms with van der Waals surface area (Å²) in [6, 6.07) is 7.94. The van der Waals surface area contributed by atoms with Crippen molar-refractivity contribution in [2.45, 2.75) is 57.7 Å². The molecular formula is C28H23F8NO2. The number of amides is 1. The molecule has 2 atom stereocenters. The quantitative estimate of drug-likeness (QED) is 0.293. The highest BCUT2D eigenvalue weighted by Crippen LogP contribution is 2.40.